The molecule has 1 heterocycles. The molecule has 0 aliphatic rings. The van der Waals surface area contributed by atoms with Crippen molar-refractivity contribution in [3.05, 3.63) is 41.7 Å². The van der Waals surface area contributed by atoms with Gasteiger partial charge in [-0.1, -0.05) is 18.2 Å². The number of benzene rings is 1. The maximum Gasteiger partial charge on any atom is 0.417 e. The van der Waals surface area contributed by atoms with E-state index in [2.05, 4.69) is 5.10 Å². The number of halogens is 3. The van der Waals surface area contributed by atoms with E-state index in [1.165, 1.54) is 25.2 Å². The number of carboxylic acid groups (broad SMARTS) is 1. The maximum atomic E-state index is 12.9. The minimum absolute atomic E-state index is 0.0528. The van der Waals surface area contributed by atoms with Gasteiger partial charge in [-0.2, -0.15) is 18.3 Å². The van der Waals surface area contributed by atoms with Crippen LogP contribution in [0.4, 0.5) is 13.2 Å². The Morgan fingerprint density at radius 3 is 2.47 bits per heavy atom. The van der Waals surface area contributed by atoms with E-state index in [-0.39, 0.29) is 16.8 Å². The predicted octanol–water partition coefficient (Wildman–Crippen LogP) is 2.80. The van der Waals surface area contributed by atoms with Gasteiger partial charge in [-0.3, -0.25) is 4.68 Å². The molecule has 1 aromatic carbocycles. The zero-order valence-electron chi connectivity index (χ0n) is 9.77. The van der Waals surface area contributed by atoms with Gasteiger partial charge in [-0.15, -0.1) is 0 Å². The zero-order chi connectivity index (χ0) is 14.2. The van der Waals surface area contributed by atoms with Gasteiger partial charge in [0.05, 0.1) is 11.8 Å². The van der Waals surface area contributed by atoms with Crippen LogP contribution in [0.1, 0.15) is 16.1 Å². The molecule has 0 saturated heterocycles. The maximum absolute atomic E-state index is 12.9. The number of hydrogen-bond acceptors (Lipinski definition) is 2. The van der Waals surface area contributed by atoms with Gasteiger partial charge in [0.2, 0.25) is 0 Å². The smallest absolute Gasteiger partial charge is 0.417 e. The highest BCUT2D eigenvalue weighted by molar-refractivity contribution is 5.94. The van der Waals surface area contributed by atoms with Gasteiger partial charge in [0.15, 0.2) is 5.69 Å². The summed E-state index contributed by atoms with van der Waals surface area (Å²) in [5, 5.41) is 12.8. The molecule has 0 radical (unpaired) electrons. The lowest BCUT2D eigenvalue weighted by Crippen LogP contribution is -2.10. The molecule has 0 atom stereocenters. The van der Waals surface area contributed by atoms with Crippen LogP contribution in [0.5, 0.6) is 0 Å². The van der Waals surface area contributed by atoms with Crippen molar-refractivity contribution in [3.63, 3.8) is 0 Å². The van der Waals surface area contributed by atoms with Crippen molar-refractivity contribution < 1.29 is 23.1 Å². The van der Waals surface area contributed by atoms with E-state index in [1.54, 1.807) is 0 Å². The van der Waals surface area contributed by atoms with E-state index < -0.39 is 17.7 Å². The summed E-state index contributed by atoms with van der Waals surface area (Å²) < 4.78 is 39.7. The van der Waals surface area contributed by atoms with Gasteiger partial charge >= 0.3 is 12.1 Å². The molecule has 0 bridgehead atoms. The third-order valence-electron chi connectivity index (χ3n) is 2.66. The third kappa shape index (κ3) is 2.31. The Morgan fingerprint density at radius 1 is 1.26 bits per heavy atom. The lowest BCUT2D eigenvalue weighted by Gasteiger charge is -2.12. The van der Waals surface area contributed by atoms with Gasteiger partial charge in [0, 0.05) is 12.6 Å². The van der Waals surface area contributed by atoms with Crippen LogP contribution in [0.3, 0.4) is 0 Å². The van der Waals surface area contributed by atoms with E-state index in [9.17, 15) is 18.0 Å². The fourth-order valence-corrected chi connectivity index (χ4v) is 1.85. The Kier molecular flexibility index (Phi) is 3.05. The number of carbonyl (C=O) groups is 1. The van der Waals surface area contributed by atoms with Crippen LogP contribution in [0.15, 0.2) is 30.5 Å². The molecule has 7 heteroatoms. The highest BCUT2D eigenvalue weighted by atomic mass is 19.4. The monoisotopic (exact) mass is 270 g/mol. The molecule has 2 aromatic rings. The van der Waals surface area contributed by atoms with E-state index in [1.807, 2.05) is 0 Å². The van der Waals surface area contributed by atoms with Gasteiger partial charge < -0.3 is 5.11 Å². The third-order valence-corrected chi connectivity index (χ3v) is 2.66. The summed E-state index contributed by atoms with van der Waals surface area (Å²) in [7, 11) is 1.36. The molecular weight excluding hydrogens is 261 g/mol. The molecule has 0 unspecified atom stereocenters. The fourth-order valence-electron chi connectivity index (χ4n) is 1.85. The van der Waals surface area contributed by atoms with Crippen LogP contribution in [-0.4, -0.2) is 20.9 Å². The average molecular weight is 270 g/mol. The van der Waals surface area contributed by atoms with E-state index in [4.69, 9.17) is 5.11 Å². The van der Waals surface area contributed by atoms with Crippen LogP contribution in [0.2, 0.25) is 0 Å². The molecule has 4 nitrogen and oxygen atoms in total. The average Bonchev–Trinajstić information content (AvgIpc) is 2.70. The van der Waals surface area contributed by atoms with Crippen LogP contribution in [0.25, 0.3) is 11.1 Å². The highest BCUT2D eigenvalue weighted by Gasteiger charge is 2.34. The molecule has 0 spiro atoms. The molecule has 0 aliphatic heterocycles. The van der Waals surface area contributed by atoms with Crippen molar-refractivity contribution in [2.45, 2.75) is 6.18 Å². The second-order valence-corrected chi connectivity index (χ2v) is 3.88. The Hall–Kier alpha value is -2.31. The number of aromatic nitrogens is 2. The van der Waals surface area contributed by atoms with Crippen molar-refractivity contribution in [2.24, 2.45) is 7.05 Å². The number of carboxylic acids is 1. The van der Waals surface area contributed by atoms with E-state index in [0.717, 1.165) is 16.9 Å². The van der Waals surface area contributed by atoms with Crippen molar-refractivity contribution in [1.82, 2.24) is 9.78 Å². The summed E-state index contributed by atoms with van der Waals surface area (Å²) in [5.74, 6) is -1.33. The SMILES string of the molecule is Cn1ncc(-c2ccccc2C(F)(F)F)c1C(=O)O. The first-order valence-electron chi connectivity index (χ1n) is 5.24. The zero-order valence-corrected chi connectivity index (χ0v) is 9.77. The standard InChI is InChI=1S/C12H9F3N2O2/c1-17-10(11(18)19)8(6-16-17)7-4-2-3-5-9(7)12(13,14)15/h2-6H,1H3,(H,18,19). The molecule has 0 fully saturated rings. The minimum Gasteiger partial charge on any atom is -0.477 e. The van der Waals surface area contributed by atoms with Crippen molar-refractivity contribution in [2.75, 3.05) is 0 Å². The Labute approximate surface area is 106 Å². The highest BCUT2D eigenvalue weighted by Crippen LogP contribution is 2.37. The molecule has 0 aliphatic carbocycles. The topological polar surface area (TPSA) is 55.1 Å². The number of rotatable bonds is 2. The van der Waals surface area contributed by atoms with Gasteiger partial charge in [-0.25, -0.2) is 4.79 Å². The summed E-state index contributed by atoms with van der Waals surface area (Å²) in [4.78, 5) is 11.1. The molecular formula is C12H9F3N2O2. The first kappa shape index (κ1) is 13.1. The summed E-state index contributed by atoms with van der Waals surface area (Å²) in [6.45, 7) is 0. The lowest BCUT2D eigenvalue weighted by atomic mass is 10.00. The molecule has 2 rings (SSSR count). The lowest BCUT2D eigenvalue weighted by molar-refractivity contribution is -0.137. The van der Waals surface area contributed by atoms with Crippen LogP contribution < -0.4 is 0 Å². The number of hydrogen-bond donors (Lipinski definition) is 1. The van der Waals surface area contributed by atoms with E-state index in [0.29, 0.717) is 0 Å². The number of aromatic carboxylic acids is 1. The van der Waals surface area contributed by atoms with Crippen LogP contribution in [0, 0.1) is 0 Å². The molecule has 0 amide bonds. The Bertz CT molecular complexity index is 632. The normalized spacial score (nSPS) is 11.6. The Balaban J connectivity index is 2.70. The number of aryl methyl sites for hydroxylation is 1. The second-order valence-electron chi connectivity index (χ2n) is 3.88. The largest absolute Gasteiger partial charge is 0.477 e. The minimum atomic E-state index is -4.55. The first-order valence-corrected chi connectivity index (χ1v) is 5.24. The predicted molar refractivity (Wildman–Crippen MR) is 60.6 cm³/mol. The molecule has 0 saturated carbocycles. The molecule has 19 heavy (non-hydrogen) atoms. The van der Waals surface area contributed by atoms with Crippen molar-refractivity contribution in [3.8, 4) is 11.1 Å². The molecule has 1 aromatic heterocycles. The van der Waals surface area contributed by atoms with Crippen LogP contribution >= 0.6 is 0 Å². The summed E-state index contributed by atoms with van der Waals surface area (Å²) in [6.07, 6.45) is -3.43. The van der Waals surface area contributed by atoms with Crippen molar-refractivity contribution in [1.29, 1.82) is 0 Å². The summed E-state index contributed by atoms with van der Waals surface area (Å²) >= 11 is 0. The summed E-state index contributed by atoms with van der Waals surface area (Å²) in [5.41, 5.74) is -1.41. The van der Waals surface area contributed by atoms with E-state index >= 15 is 0 Å². The number of alkyl halides is 3. The van der Waals surface area contributed by atoms with Crippen molar-refractivity contribution >= 4 is 5.97 Å². The molecule has 100 valence electrons. The first-order chi connectivity index (χ1) is 8.82. The number of nitrogens with zero attached hydrogens (tertiary/aromatic N) is 2. The van der Waals surface area contributed by atoms with Gasteiger partial charge in [-0.05, 0) is 11.6 Å². The molecule has 1 N–H and O–H groups in total. The quantitative estimate of drug-likeness (QED) is 0.912. The van der Waals surface area contributed by atoms with Gasteiger partial charge in [0.25, 0.3) is 0 Å². The summed E-state index contributed by atoms with van der Waals surface area (Å²) in [6, 6.07) is 4.81. The fraction of sp³-hybridized carbons (Fsp3) is 0.167. The van der Waals surface area contributed by atoms with Crippen LogP contribution in [-0.2, 0) is 13.2 Å². The second kappa shape index (κ2) is 4.42. The van der Waals surface area contributed by atoms with Gasteiger partial charge in [0.1, 0.15) is 0 Å². The Morgan fingerprint density at radius 2 is 1.89 bits per heavy atom.